The van der Waals surface area contributed by atoms with Crippen LogP contribution in [0.15, 0.2) is 45.6 Å². The predicted octanol–water partition coefficient (Wildman–Crippen LogP) is 0.637. The van der Waals surface area contributed by atoms with E-state index in [9.17, 15) is 28.0 Å². The minimum absolute atomic E-state index is 0. The van der Waals surface area contributed by atoms with Crippen molar-refractivity contribution >= 4 is 32.3 Å². The molecule has 15 heteroatoms. The second kappa shape index (κ2) is 11.4. The Morgan fingerprint density at radius 1 is 0.932 bits per heavy atom. The molecule has 0 amide bonds. The van der Waals surface area contributed by atoms with Gasteiger partial charge in [0.1, 0.15) is 16.8 Å². The molecule has 1 aliphatic heterocycles. The number of methoxy groups -OCH3 is 4. The fraction of sp³-hybridized carbons (Fsp3) is 0.207. The number of fused-ring (bicyclic) bond motifs is 7. The molecule has 0 unspecified atom stereocenters. The molecular formula is C29H24NNaO12S. The molecule has 0 spiro atoms. The molecule has 44 heavy (non-hydrogen) atoms. The molecule has 3 aromatic carbocycles. The van der Waals surface area contributed by atoms with Gasteiger partial charge in [-0.2, -0.15) is 8.42 Å². The smallest absolute Gasteiger partial charge is 0.870 e. The van der Waals surface area contributed by atoms with Gasteiger partial charge in [0, 0.05) is 40.1 Å². The Balaban J connectivity index is 0.00000384. The first-order valence-electron chi connectivity index (χ1n) is 12.7. The second-order valence-electron chi connectivity index (χ2n) is 9.60. The van der Waals surface area contributed by atoms with E-state index in [1.165, 1.54) is 46.6 Å². The Labute approximate surface area is 272 Å². The Hall–Kier alpha value is -4.08. The molecule has 0 atom stereocenters. The van der Waals surface area contributed by atoms with E-state index in [0.29, 0.717) is 45.1 Å². The van der Waals surface area contributed by atoms with Gasteiger partial charge in [0.2, 0.25) is 5.75 Å². The molecule has 0 saturated heterocycles. The summed E-state index contributed by atoms with van der Waals surface area (Å²) >= 11 is 0. The fourth-order valence-corrected chi connectivity index (χ4v) is 6.08. The van der Waals surface area contributed by atoms with E-state index < -0.39 is 27.5 Å². The Morgan fingerprint density at radius 3 is 2.25 bits per heavy atom. The predicted molar refractivity (Wildman–Crippen MR) is 152 cm³/mol. The van der Waals surface area contributed by atoms with Gasteiger partial charge in [-0.05, 0) is 30.2 Å². The summed E-state index contributed by atoms with van der Waals surface area (Å²) in [6.07, 6.45) is 0.315. The van der Waals surface area contributed by atoms with E-state index in [1.807, 2.05) is 0 Å². The van der Waals surface area contributed by atoms with Gasteiger partial charge in [0.25, 0.3) is 0 Å². The van der Waals surface area contributed by atoms with Crippen molar-refractivity contribution in [3.63, 3.8) is 0 Å². The molecule has 0 radical (unpaired) electrons. The number of hydrogen-bond donors (Lipinski definition) is 2. The first kappa shape index (κ1) is 31.3. The summed E-state index contributed by atoms with van der Waals surface area (Å²) in [5, 5.41) is 24.8. The van der Waals surface area contributed by atoms with Crippen LogP contribution in [-0.4, -0.2) is 51.1 Å². The van der Waals surface area contributed by atoms with Crippen LogP contribution in [-0.2, 0) is 23.4 Å². The zero-order chi connectivity index (χ0) is 30.8. The van der Waals surface area contributed by atoms with E-state index in [2.05, 4.69) is 4.18 Å². The van der Waals surface area contributed by atoms with Gasteiger partial charge in [0.05, 0.1) is 34.1 Å². The Kier molecular flexibility index (Phi) is 8.16. The third-order valence-corrected chi connectivity index (χ3v) is 7.82. The van der Waals surface area contributed by atoms with Gasteiger partial charge < -0.3 is 42.3 Å². The van der Waals surface area contributed by atoms with E-state index in [0.717, 1.165) is 6.07 Å². The van der Waals surface area contributed by atoms with E-state index >= 15 is 0 Å². The summed E-state index contributed by atoms with van der Waals surface area (Å²) in [5.74, 6) is -0.517. The van der Waals surface area contributed by atoms with Gasteiger partial charge in [-0.25, -0.2) is 4.79 Å². The number of aromatic hydroxyl groups is 1. The van der Waals surface area contributed by atoms with Crippen LogP contribution in [0.3, 0.4) is 0 Å². The third-order valence-electron chi connectivity index (χ3n) is 7.43. The zero-order valence-electron chi connectivity index (χ0n) is 24.2. The molecule has 0 aliphatic carbocycles. The van der Waals surface area contributed by atoms with Crippen molar-refractivity contribution in [2.24, 2.45) is 0 Å². The van der Waals surface area contributed by atoms with Gasteiger partial charge >= 0.3 is 45.6 Å². The number of aryl methyl sites for hydroxylation is 1. The van der Waals surface area contributed by atoms with Gasteiger partial charge in [-0.3, -0.25) is 4.55 Å². The van der Waals surface area contributed by atoms with Crippen molar-refractivity contribution < 1.29 is 80.3 Å². The topological polar surface area (TPSA) is 179 Å². The first-order valence-corrected chi connectivity index (χ1v) is 14.1. The van der Waals surface area contributed by atoms with Crippen molar-refractivity contribution in [2.75, 3.05) is 28.4 Å². The maximum Gasteiger partial charge on any atom is 1.00 e. The monoisotopic (exact) mass is 633 g/mol. The molecule has 0 bridgehead atoms. The van der Waals surface area contributed by atoms with Crippen molar-refractivity contribution in [3.8, 4) is 62.6 Å². The zero-order valence-corrected chi connectivity index (χ0v) is 27.0. The standard InChI is InChI=1S/C29H25NO12S.Na/c1-37-18-6-5-13(9-17(18)31)23-24-16-11-20(38-2)21(42-43(34,35)36)12-19(16)41-29(33)26(24)30-8-7-14-15(25(23)30)10-22(39-3)28(40-4)27(14)32;/h5-6,9-12,31-32H,7-8H2,1-4H3,(H,34,35,36);/q;+1/p-1. The van der Waals surface area contributed by atoms with Crippen molar-refractivity contribution in [3.05, 3.63) is 52.4 Å². The fourth-order valence-electron chi connectivity index (χ4n) is 5.72. The van der Waals surface area contributed by atoms with Gasteiger partial charge in [0.15, 0.2) is 23.0 Å². The third kappa shape index (κ3) is 4.88. The average molecular weight is 634 g/mol. The molecule has 13 nitrogen and oxygen atoms in total. The van der Waals surface area contributed by atoms with Crippen LogP contribution in [0.4, 0.5) is 0 Å². The summed E-state index contributed by atoms with van der Waals surface area (Å²) in [6, 6.07) is 8.76. The van der Waals surface area contributed by atoms with Crippen LogP contribution in [0.2, 0.25) is 0 Å². The number of rotatable bonds is 7. The average Bonchev–Trinajstić information content (AvgIpc) is 3.32. The molecular weight excluding hydrogens is 609 g/mol. The van der Waals surface area contributed by atoms with Gasteiger partial charge in [-0.15, -0.1) is 0 Å². The van der Waals surface area contributed by atoms with Crippen molar-refractivity contribution in [1.82, 2.24) is 4.57 Å². The molecule has 5 aromatic rings. The minimum atomic E-state index is -4.94. The maximum atomic E-state index is 13.6. The number of nitrogens with zero attached hydrogens (tertiary/aromatic N) is 1. The Morgan fingerprint density at radius 2 is 1.64 bits per heavy atom. The molecule has 3 heterocycles. The maximum absolute atomic E-state index is 13.6. The number of phenols is 1. The number of hydrogen-bond acceptors (Lipinski definition) is 11. The second-order valence-corrected chi connectivity index (χ2v) is 10.6. The molecule has 2 aromatic heterocycles. The van der Waals surface area contributed by atoms with E-state index in [-0.39, 0.29) is 75.9 Å². The number of benzene rings is 3. The molecule has 1 aliphatic rings. The number of phenolic OH excluding ortho intramolecular Hbond substituents is 1. The summed E-state index contributed by atoms with van der Waals surface area (Å²) < 4.78 is 65.7. The van der Waals surface area contributed by atoms with Crippen LogP contribution < -0.4 is 63.4 Å². The van der Waals surface area contributed by atoms with Crippen LogP contribution in [0, 0.1) is 0 Å². The summed E-state index contributed by atoms with van der Waals surface area (Å²) in [7, 11) is 0.542. The van der Waals surface area contributed by atoms with Crippen LogP contribution in [0.5, 0.6) is 40.2 Å². The van der Waals surface area contributed by atoms with Gasteiger partial charge in [-0.1, -0.05) is 17.9 Å². The van der Waals surface area contributed by atoms with Crippen molar-refractivity contribution in [2.45, 2.75) is 13.0 Å². The minimum Gasteiger partial charge on any atom is -0.870 e. The Bertz CT molecular complexity index is 2140. The molecule has 224 valence electrons. The largest absolute Gasteiger partial charge is 1.00 e. The number of aromatic nitrogens is 1. The molecule has 2 N–H and O–H groups in total. The quantitative estimate of drug-likeness (QED) is 0.145. The molecule has 0 fully saturated rings. The van der Waals surface area contributed by atoms with E-state index in [1.54, 1.807) is 16.7 Å². The van der Waals surface area contributed by atoms with E-state index in [4.69, 9.17) is 23.4 Å². The summed E-state index contributed by atoms with van der Waals surface area (Å²) in [5.41, 5.74) is 1.76. The number of ether oxygens (including phenoxy) is 4. The van der Waals surface area contributed by atoms with Crippen LogP contribution in [0.25, 0.3) is 44.3 Å². The molecule has 6 rings (SSSR count). The van der Waals surface area contributed by atoms with Crippen LogP contribution in [0.1, 0.15) is 5.56 Å². The van der Waals surface area contributed by atoms with Crippen molar-refractivity contribution in [1.29, 1.82) is 0 Å². The summed E-state index contributed by atoms with van der Waals surface area (Å²) in [6.45, 7) is 0.250. The van der Waals surface area contributed by atoms with Crippen LogP contribution >= 0.6 is 0 Å². The SMILES string of the molecule is COc1ccc(-c2c3n(c4c(=O)oc5cc(OS(=O)(=O)O)c(OC)cc5c24)CCc2c-3cc(OC)c(OC)c2O)cc1[O-].[Na+]. The molecule has 0 saturated carbocycles. The normalized spacial score (nSPS) is 12.3. The first-order chi connectivity index (χ1) is 20.5. The summed E-state index contributed by atoms with van der Waals surface area (Å²) in [4.78, 5) is 13.6.